The van der Waals surface area contributed by atoms with Gasteiger partial charge in [0.1, 0.15) is 0 Å². The second kappa shape index (κ2) is 8.91. The summed E-state index contributed by atoms with van der Waals surface area (Å²) in [5, 5.41) is 5.86. The van der Waals surface area contributed by atoms with Crippen LogP contribution in [-0.4, -0.2) is 34.5 Å². The normalized spacial score (nSPS) is 24.9. The molecule has 38 heavy (non-hydrogen) atoms. The maximum Gasteiger partial charge on any atom is 0.175 e. The van der Waals surface area contributed by atoms with Crippen LogP contribution in [0, 0.1) is 32.6 Å². The number of ether oxygens (including phenoxy) is 1. The molecular weight excluding hydrogens is 472 g/mol. The molecule has 3 aromatic rings. The van der Waals surface area contributed by atoms with Crippen LogP contribution in [-0.2, 0) is 11.2 Å². The number of H-pyrrole nitrogens is 3. The lowest BCUT2D eigenvalue weighted by Crippen LogP contribution is -2.18. The molecule has 8 bridgehead atoms. The number of carbonyl (C=O) groups excluding carboxylic acids is 1. The van der Waals surface area contributed by atoms with Gasteiger partial charge in [-0.1, -0.05) is 26.5 Å². The van der Waals surface area contributed by atoms with E-state index in [0.29, 0.717) is 12.5 Å². The van der Waals surface area contributed by atoms with Crippen LogP contribution >= 0.6 is 0 Å². The monoisotopic (exact) mass is 508 g/mol. The molecule has 0 amide bonds. The fourth-order valence-electron chi connectivity index (χ4n) is 6.57. The van der Waals surface area contributed by atoms with Gasteiger partial charge in [0.2, 0.25) is 0 Å². The number of methoxy groups -OCH3 is 1. The number of aromatic amines is 3. The molecule has 196 valence electrons. The minimum Gasteiger partial charge on any atom is -0.384 e. The molecule has 3 aromatic heterocycles. The van der Waals surface area contributed by atoms with Gasteiger partial charge in [-0.3, -0.25) is 4.79 Å². The first-order chi connectivity index (χ1) is 18.3. The lowest BCUT2D eigenvalue weighted by Gasteiger charge is -2.14. The van der Waals surface area contributed by atoms with Crippen LogP contribution in [0.2, 0.25) is 0 Å². The van der Waals surface area contributed by atoms with Gasteiger partial charge in [0.05, 0.1) is 18.2 Å². The summed E-state index contributed by atoms with van der Waals surface area (Å²) in [6.07, 6.45) is 10.3. The lowest BCUT2D eigenvalue weighted by molar-refractivity contribution is 0.0880. The molecule has 2 atom stereocenters. The molecule has 1 aliphatic carbocycles. The Bertz CT molecular complexity index is 1700. The maximum atomic E-state index is 13.7. The highest BCUT2D eigenvalue weighted by Gasteiger charge is 2.42. The third-order valence-corrected chi connectivity index (χ3v) is 8.72. The zero-order chi connectivity index (χ0) is 26.9. The van der Waals surface area contributed by atoms with Gasteiger partial charge in [-0.25, -0.2) is 0 Å². The van der Waals surface area contributed by atoms with E-state index in [-0.39, 0.29) is 11.7 Å². The van der Waals surface area contributed by atoms with E-state index in [1.165, 1.54) is 16.7 Å². The van der Waals surface area contributed by atoms with Crippen LogP contribution in [0.4, 0.5) is 0 Å². The zero-order valence-electron chi connectivity index (χ0n) is 23.1. The van der Waals surface area contributed by atoms with Gasteiger partial charge in [-0.05, 0) is 74.1 Å². The van der Waals surface area contributed by atoms with E-state index in [2.05, 4.69) is 79.7 Å². The standard InChI is InChI=1S/C32H36N4O2/c1-8-19-16(4)23-11-22-15(3)10-28(33-22)30-21(14-38-7)32(37)29-18(6)25(36-31(29)30)13-27-20(9-2)17(5)24(35-27)12-26(19)34-23/h8,11-13,15,21,33-36H,1,9-10,14H2,2-7H3/b22-11-,24-12-,27-13-,30-28-/t15-,21+/m0/s1. The first kappa shape index (κ1) is 24.6. The summed E-state index contributed by atoms with van der Waals surface area (Å²) in [6.45, 7) is 15.3. The highest BCUT2D eigenvalue weighted by Crippen LogP contribution is 2.44. The summed E-state index contributed by atoms with van der Waals surface area (Å²) in [5.74, 6) is 0.117. The number of ketones is 1. The van der Waals surface area contributed by atoms with E-state index in [1.807, 2.05) is 6.08 Å². The van der Waals surface area contributed by atoms with Crippen molar-refractivity contribution >= 4 is 35.7 Å². The second-order valence-electron chi connectivity index (χ2n) is 10.9. The Morgan fingerprint density at radius 3 is 2.45 bits per heavy atom. The number of hydrogen-bond donors (Lipinski definition) is 4. The zero-order valence-corrected chi connectivity index (χ0v) is 23.1. The summed E-state index contributed by atoms with van der Waals surface area (Å²) in [7, 11) is 1.67. The molecule has 4 N–H and O–H groups in total. The Morgan fingerprint density at radius 1 is 1.00 bits per heavy atom. The molecular formula is C32H36N4O2. The summed E-state index contributed by atoms with van der Waals surface area (Å²) in [6, 6.07) is 0. The van der Waals surface area contributed by atoms with Crippen molar-refractivity contribution in [3.63, 3.8) is 0 Å². The molecule has 6 rings (SSSR count). The van der Waals surface area contributed by atoms with Gasteiger partial charge in [-0.2, -0.15) is 0 Å². The van der Waals surface area contributed by atoms with E-state index >= 15 is 0 Å². The van der Waals surface area contributed by atoms with Crippen molar-refractivity contribution < 1.29 is 9.53 Å². The van der Waals surface area contributed by atoms with Gasteiger partial charge in [0, 0.05) is 68.9 Å². The van der Waals surface area contributed by atoms with E-state index in [0.717, 1.165) is 80.0 Å². The molecule has 2 aliphatic heterocycles. The van der Waals surface area contributed by atoms with Crippen LogP contribution in [0.1, 0.15) is 81.2 Å². The quantitative estimate of drug-likeness (QED) is 0.415. The third kappa shape index (κ3) is 3.47. The lowest BCUT2D eigenvalue weighted by atomic mass is 9.96. The second-order valence-corrected chi connectivity index (χ2v) is 10.9. The van der Waals surface area contributed by atoms with Crippen molar-refractivity contribution in [1.29, 1.82) is 0 Å². The summed E-state index contributed by atoms with van der Waals surface area (Å²) in [5.41, 5.74) is 13.9. The van der Waals surface area contributed by atoms with Crippen LogP contribution in [0.15, 0.2) is 18.0 Å². The first-order valence-corrected chi connectivity index (χ1v) is 13.5. The Labute approximate surface area is 223 Å². The number of aromatic nitrogens is 3. The maximum absolute atomic E-state index is 13.7. The SMILES string of the molecule is C=Cc1c2[nH]c(c1C)/C=C1\N/C(=C3\c4[nH]c(c(C)c4C(=O)[C@@H]3COC)/C=c3\[nH]/c(c(C)c3CC)=C\2)C[C@@H]1C. The number of Topliss-reactive ketones (excluding diaryl/α,β-unsaturated/α-hetero) is 1. The van der Waals surface area contributed by atoms with Crippen LogP contribution < -0.4 is 16.0 Å². The predicted octanol–water partition coefficient (Wildman–Crippen LogP) is 4.61. The van der Waals surface area contributed by atoms with Crippen molar-refractivity contribution in [2.75, 3.05) is 13.7 Å². The van der Waals surface area contributed by atoms with E-state index in [1.54, 1.807) is 7.11 Å². The molecule has 6 nitrogen and oxygen atoms in total. The molecule has 0 radical (unpaired) electrons. The smallest absolute Gasteiger partial charge is 0.175 e. The predicted molar refractivity (Wildman–Crippen MR) is 154 cm³/mol. The van der Waals surface area contributed by atoms with Crippen LogP contribution in [0.25, 0.3) is 29.9 Å². The van der Waals surface area contributed by atoms with Crippen molar-refractivity contribution in [2.45, 2.75) is 47.5 Å². The van der Waals surface area contributed by atoms with Crippen LogP contribution in [0.5, 0.6) is 0 Å². The van der Waals surface area contributed by atoms with Crippen molar-refractivity contribution in [3.8, 4) is 0 Å². The van der Waals surface area contributed by atoms with Crippen molar-refractivity contribution in [1.82, 2.24) is 20.3 Å². The molecule has 1 fully saturated rings. The fraction of sp³-hybridized carbons (Fsp3) is 0.344. The number of nitrogens with one attached hydrogen (secondary N) is 4. The number of carbonyl (C=O) groups is 1. The van der Waals surface area contributed by atoms with E-state index in [9.17, 15) is 4.79 Å². The number of fused-ring (bicyclic) bond motifs is 7. The minimum absolute atomic E-state index is 0.138. The minimum atomic E-state index is -0.312. The number of allylic oxidation sites excluding steroid dienone is 2. The van der Waals surface area contributed by atoms with Crippen molar-refractivity contribution in [3.05, 3.63) is 84.8 Å². The summed E-state index contributed by atoms with van der Waals surface area (Å²) >= 11 is 0. The molecule has 0 saturated carbocycles. The summed E-state index contributed by atoms with van der Waals surface area (Å²) in [4.78, 5) is 24.7. The fourth-order valence-corrected chi connectivity index (χ4v) is 6.57. The third-order valence-electron chi connectivity index (χ3n) is 8.72. The van der Waals surface area contributed by atoms with E-state index < -0.39 is 0 Å². The Morgan fingerprint density at radius 2 is 1.74 bits per heavy atom. The van der Waals surface area contributed by atoms with Gasteiger partial charge < -0.3 is 25.0 Å². The summed E-state index contributed by atoms with van der Waals surface area (Å²) < 4.78 is 5.54. The average Bonchev–Trinajstić information content (AvgIpc) is 3.63. The molecule has 0 unspecified atom stereocenters. The van der Waals surface area contributed by atoms with Crippen molar-refractivity contribution in [2.24, 2.45) is 11.8 Å². The van der Waals surface area contributed by atoms with Gasteiger partial charge in [0.25, 0.3) is 0 Å². The van der Waals surface area contributed by atoms with Crippen LogP contribution in [0.3, 0.4) is 0 Å². The van der Waals surface area contributed by atoms with Gasteiger partial charge in [0.15, 0.2) is 5.78 Å². The number of rotatable bonds is 4. The first-order valence-electron chi connectivity index (χ1n) is 13.5. The van der Waals surface area contributed by atoms with Gasteiger partial charge in [-0.15, -0.1) is 0 Å². The van der Waals surface area contributed by atoms with E-state index in [4.69, 9.17) is 4.74 Å². The van der Waals surface area contributed by atoms with Gasteiger partial charge >= 0.3 is 0 Å². The molecule has 0 spiro atoms. The molecule has 0 aromatic carbocycles. The molecule has 5 heterocycles. The topological polar surface area (TPSA) is 85.7 Å². The molecule has 6 heteroatoms. The Kier molecular flexibility index (Phi) is 5.76. The number of hydrogen-bond acceptors (Lipinski definition) is 3. The highest BCUT2D eigenvalue weighted by atomic mass is 16.5. The average molecular weight is 509 g/mol. The molecule has 3 aliphatic rings. The Balaban J connectivity index is 1.71. The molecule has 1 saturated heterocycles. The Hall–Kier alpha value is -3.77. The highest BCUT2D eigenvalue weighted by molar-refractivity contribution is 6.15. The largest absolute Gasteiger partial charge is 0.384 e.